The summed E-state index contributed by atoms with van der Waals surface area (Å²) in [5.41, 5.74) is 2.51. The van der Waals surface area contributed by atoms with Crippen LogP contribution in [0.15, 0.2) is 53.7 Å². The van der Waals surface area contributed by atoms with Crippen LogP contribution in [0.4, 0.5) is 0 Å². The van der Waals surface area contributed by atoms with Gasteiger partial charge in [0.15, 0.2) is 10.9 Å². The third kappa shape index (κ3) is 4.67. The summed E-state index contributed by atoms with van der Waals surface area (Å²) >= 11 is 1.44. The summed E-state index contributed by atoms with van der Waals surface area (Å²) < 4.78 is 1.66. The Morgan fingerprint density at radius 2 is 1.82 bits per heavy atom. The summed E-state index contributed by atoms with van der Waals surface area (Å²) in [6.45, 7) is 5.38. The molecule has 9 nitrogen and oxygen atoms in total. The molecule has 0 unspecified atom stereocenters. The van der Waals surface area contributed by atoms with Crippen molar-refractivity contribution in [3.63, 3.8) is 0 Å². The number of nitrogens with one attached hydrogen (secondary N) is 1. The van der Waals surface area contributed by atoms with Gasteiger partial charge in [0.25, 0.3) is 0 Å². The third-order valence-corrected chi connectivity index (χ3v) is 5.97. The number of carboxylic acids is 1. The lowest BCUT2D eigenvalue weighted by Gasteiger charge is -2.16. The molecule has 4 rings (SSSR count). The van der Waals surface area contributed by atoms with E-state index in [-0.39, 0.29) is 11.4 Å². The molecule has 0 bridgehead atoms. The first-order valence-corrected chi connectivity index (χ1v) is 11.4. The first kappa shape index (κ1) is 22.7. The predicted molar refractivity (Wildman–Crippen MR) is 125 cm³/mol. The number of aromatic nitrogens is 6. The van der Waals surface area contributed by atoms with E-state index in [9.17, 15) is 15.0 Å². The molecule has 0 aliphatic rings. The summed E-state index contributed by atoms with van der Waals surface area (Å²) in [4.78, 5) is 16.6. The fourth-order valence-corrected chi connectivity index (χ4v) is 4.37. The Hall–Kier alpha value is -3.50. The number of aliphatic hydroxyl groups is 1. The maximum atomic E-state index is 12.1. The van der Waals surface area contributed by atoms with Gasteiger partial charge in [-0.15, -0.1) is 10.2 Å². The lowest BCUT2D eigenvalue weighted by Crippen LogP contribution is -2.22. The Morgan fingerprint density at radius 3 is 2.39 bits per heavy atom. The van der Waals surface area contributed by atoms with Crippen LogP contribution < -0.4 is 0 Å². The molecule has 3 N–H and O–H groups in total. The Kier molecular flexibility index (Phi) is 6.30. The maximum Gasteiger partial charge on any atom is 0.354 e. The molecule has 2 aromatic heterocycles. The average Bonchev–Trinajstić information content (AvgIpc) is 3.43. The Balaban J connectivity index is 1.70. The standard InChI is InChI=1S/C23H24N6O3S/c1-4-33-22-24-19(23(2,3)32)18(21(30)31)29(22)13-14-9-11-15(12-10-14)16-7-5-6-8-17(16)20-25-27-28-26-20/h5-12,32H,4,13H2,1-3H3,(H,30,31)(H,25,26,27,28). The normalized spacial score (nSPS) is 11.6. The number of thioether (sulfide) groups is 1. The minimum absolute atomic E-state index is 0.00461. The first-order valence-electron chi connectivity index (χ1n) is 10.4. The summed E-state index contributed by atoms with van der Waals surface area (Å²) in [5, 5.41) is 35.2. The number of carboxylic acid groups (broad SMARTS) is 1. The van der Waals surface area contributed by atoms with Gasteiger partial charge in [0.2, 0.25) is 5.82 Å². The molecular weight excluding hydrogens is 440 g/mol. The van der Waals surface area contributed by atoms with Crippen molar-refractivity contribution >= 4 is 17.7 Å². The molecule has 0 saturated heterocycles. The number of aromatic carboxylic acids is 1. The topological polar surface area (TPSA) is 130 Å². The molecule has 0 amide bonds. The van der Waals surface area contributed by atoms with E-state index in [0.717, 1.165) is 28.0 Å². The Morgan fingerprint density at radius 1 is 1.12 bits per heavy atom. The molecule has 170 valence electrons. The second-order valence-electron chi connectivity index (χ2n) is 7.95. The van der Waals surface area contributed by atoms with E-state index in [2.05, 4.69) is 25.6 Å². The van der Waals surface area contributed by atoms with Crippen molar-refractivity contribution < 1.29 is 15.0 Å². The second kappa shape index (κ2) is 9.16. The van der Waals surface area contributed by atoms with E-state index in [1.807, 2.05) is 55.5 Å². The molecule has 4 aromatic rings. The Bertz CT molecular complexity index is 1260. The number of aromatic amines is 1. The van der Waals surface area contributed by atoms with Gasteiger partial charge in [-0.2, -0.15) is 5.21 Å². The zero-order valence-corrected chi connectivity index (χ0v) is 19.3. The van der Waals surface area contributed by atoms with Gasteiger partial charge in [-0.3, -0.25) is 0 Å². The van der Waals surface area contributed by atoms with E-state index >= 15 is 0 Å². The van der Waals surface area contributed by atoms with Crippen LogP contribution in [0.3, 0.4) is 0 Å². The average molecular weight is 465 g/mol. The van der Waals surface area contributed by atoms with Crippen LogP contribution in [-0.2, 0) is 12.1 Å². The van der Waals surface area contributed by atoms with E-state index in [1.165, 1.54) is 11.8 Å². The fourth-order valence-electron chi connectivity index (χ4n) is 3.64. The van der Waals surface area contributed by atoms with Crippen LogP contribution in [0.25, 0.3) is 22.5 Å². The molecule has 0 aliphatic carbocycles. The van der Waals surface area contributed by atoms with Crippen molar-refractivity contribution in [1.82, 2.24) is 30.2 Å². The highest BCUT2D eigenvalue weighted by molar-refractivity contribution is 7.99. The van der Waals surface area contributed by atoms with Crippen LogP contribution in [0.1, 0.15) is 42.5 Å². The maximum absolute atomic E-state index is 12.1. The highest BCUT2D eigenvalue weighted by Crippen LogP contribution is 2.32. The van der Waals surface area contributed by atoms with Gasteiger partial charge in [-0.1, -0.05) is 67.2 Å². The van der Waals surface area contributed by atoms with Crippen LogP contribution >= 0.6 is 11.8 Å². The summed E-state index contributed by atoms with van der Waals surface area (Å²) in [5.74, 6) is 0.125. The van der Waals surface area contributed by atoms with Gasteiger partial charge in [-0.05, 0) is 41.5 Å². The quantitative estimate of drug-likeness (QED) is 0.336. The minimum Gasteiger partial charge on any atom is -0.477 e. The van der Waals surface area contributed by atoms with E-state index in [0.29, 0.717) is 17.5 Å². The largest absolute Gasteiger partial charge is 0.477 e. The number of rotatable bonds is 8. The van der Waals surface area contributed by atoms with Crippen LogP contribution in [-0.4, -0.2) is 52.1 Å². The zero-order valence-electron chi connectivity index (χ0n) is 18.5. The molecule has 0 fully saturated rings. The van der Waals surface area contributed by atoms with Crippen LogP contribution in [0.2, 0.25) is 0 Å². The number of nitrogens with zero attached hydrogens (tertiary/aromatic N) is 5. The van der Waals surface area contributed by atoms with Crippen molar-refractivity contribution in [3.8, 4) is 22.5 Å². The van der Waals surface area contributed by atoms with Gasteiger partial charge in [0.1, 0.15) is 11.3 Å². The molecule has 2 aromatic carbocycles. The molecule has 33 heavy (non-hydrogen) atoms. The summed E-state index contributed by atoms with van der Waals surface area (Å²) in [7, 11) is 0. The van der Waals surface area contributed by atoms with Gasteiger partial charge >= 0.3 is 5.97 Å². The van der Waals surface area contributed by atoms with Crippen molar-refractivity contribution in [2.75, 3.05) is 5.75 Å². The predicted octanol–water partition coefficient (Wildman–Crippen LogP) is 3.82. The molecular formula is C23H24N6O3S. The smallest absolute Gasteiger partial charge is 0.354 e. The molecule has 2 heterocycles. The molecule has 10 heteroatoms. The second-order valence-corrected chi connectivity index (χ2v) is 9.18. The number of hydrogen-bond acceptors (Lipinski definition) is 7. The molecule has 0 aliphatic heterocycles. The summed E-state index contributed by atoms with van der Waals surface area (Å²) in [6.07, 6.45) is 0. The highest BCUT2D eigenvalue weighted by atomic mass is 32.2. The lowest BCUT2D eigenvalue weighted by atomic mass is 9.98. The van der Waals surface area contributed by atoms with Crippen molar-refractivity contribution in [2.45, 2.75) is 38.1 Å². The lowest BCUT2D eigenvalue weighted by molar-refractivity contribution is 0.0602. The zero-order chi connectivity index (χ0) is 23.6. The molecule has 0 saturated carbocycles. The van der Waals surface area contributed by atoms with Crippen molar-refractivity contribution in [2.24, 2.45) is 0 Å². The number of benzene rings is 2. The Labute approximate surface area is 194 Å². The van der Waals surface area contributed by atoms with Gasteiger partial charge < -0.3 is 14.8 Å². The third-order valence-electron chi connectivity index (χ3n) is 5.11. The molecule has 0 spiro atoms. The van der Waals surface area contributed by atoms with Crippen molar-refractivity contribution in [1.29, 1.82) is 0 Å². The fraction of sp³-hybridized carbons (Fsp3) is 0.261. The van der Waals surface area contributed by atoms with E-state index in [1.54, 1.807) is 18.4 Å². The number of hydrogen-bond donors (Lipinski definition) is 3. The van der Waals surface area contributed by atoms with Gasteiger partial charge in [-0.25, -0.2) is 9.78 Å². The number of tetrazole rings is 1. The number of imidazole rings is 1. The number of H-pyrrole nitrogens is 1. The van der Waals surface area contributed by atoms with Crippen LogP contribution in [0.5, 0.6) is 0 Å². The number of carbonyl (C=O) groups is 1. The summed E-state index contributed by atoms with van der Waals surface area (Å²) in [6, 6.07) is 15.7. The van der Waals surface area contributed by atoms with E-state index < -0.39 is 11.6 Å². The molecule has 0 atom stereocenters. The highest BCUT2D eigenvalue weighted by Gasteiger charge is 2.31. The van der Waals surface area contributed by atoms with Crippen molar-refractivity contribution in [3.05, 3.63) is 65.5 Å². The van der Waals surface area contributed by atoms with Gasteiger partial charge in [0.05, 0.1) is 6.54 Å². The van der Waals surface area contributed by atoms with Crippen LogP contribution in [0, 0.1) is 0 Å². The van der Waals surface area contributed by atoms with E-state index in [4.69, 9.17) is 0 Å². The minimum atomic E-state index is -1.37. The molecule has 0 radical (unpaired) electrons. The first-order chi connectivity index (χ1) is 15.8. The van der Waals surface area contributed by atoms with Gasteiger partial charge in [0, 0.05) is 5.56 Å². The SMILES string of the molecule is CCSc1nc(C(C)(C)O)c(C(=O)O)n1Cc1ccc(-c2ccccc2-c2nn[nH]n2)cc1. The monoisotopic (exact) mass is 464 g/mol.